The standard InChI is InChI=1S/C12H17N3O2/c1-15(2)10-7-9(3-6-13-10)11(17)14-12(8-16)4-5-12/h3,6-7,16H,4-5,8H2,1-2H3,(H,14,17). The van der Waals surface area contributed by atoms with E-state index in [0.29, 0.717) is 5.56 Å². The molecule has 0 aliphatic heterocycles. The summed E-state index contributed by atoms with van der Waals surface area (Å²) in [5.74, 6) is 0.591. The minimum atomic E-state index is -0.376. The second-order valence-corrected chi connectivity index (χ2v) is 4.69. The molecule has 5 heteroatoms. The van der Waals surface area contributed by atoms with Crippen LogP contribution in [0.1, 0.15) is 23.2 Å². The first-order valence-corrected chi connectivity index (χ1v) is 5.63. The van der Waals surface area contributed by atoms with Gasteiger partial charge < -0.3 is 15.3 Å². The number of carbonyl (C=O) groups is 1. The largest absolute Gasteiger partial charge is 0.394 e. The lowest BCUT2D eigenvalue weighted by molar-refractivity contribution is 0.0906. The highest BCUT2D eigenvalue weighted by atomic mass is 16.3. The van der Waals surface area contributed by atoms with Gasteiger partial charge in [0, 0.05) is 25.9 Å². The molecule has 2 rings (SSSR count). The number of amides is 1. The highest BCUT2D eigenvalue weighted by molar-refractivity contribution is 5.95. The lowest BCUT2D eigenvalue weighted by Gasteiger charge is -2.15. The summed E-state index contributed by atoms with van der Waals surface area (Å²) in [5.41, 5.74) is 0.196. The van der Waals surface area contributed by atoms with Gasteiger partial charge in [-0.25, -0.2) is 4.98 Å². The summed E-state index contributed by atoms with van der Waals surface area (Å²) >= 11 is 0. The molecule has 2 N–H and O–H groups in total. The van der Waals surface area contributed by atoms with E-state index in [-0.39, 0.29) is 18.1 Å². The third-order valence-corrected chi connectivity index (χ3v) is 3.00. The fourth-order valence-electron chi connectivity index (χ4n) is 1.59. The number of carbonyl (C=O) groups excluding carboxylic acids is 1. The number of aliphatic hydroxyl groups excluding tert-OH is 1. The first kappa shape index (κ1) is 11.9. The van der Waals surface area contributed by atoms with Crippen LogP contribution in [0.15, 0.2) is 18.3 Å². The van der Waals surface area contributed by atoms with E-state index in [1.807, 2.05) is 19.0 Å². The normalized spacial score (nSPS) is 16.4. The Labute approximate surface area is 100 Å². The minimum Gasteiger partial charge on any atom is -0.394 e. The quantitative estimate of drug-likeness (QED) is 0.793. The molecule has 0 unspecified atom stereocenters. The van der Waals surface area contributed by atoms with Crippen LogP contribution in [0.3, 0.4) is 0 Å². The molecule has 5 nitrogen and oxygen atoms in total. The van der Waals surface area contributed by atoms with E-state index in [0.717, 1.165) is 18.7 Å². The van der Waals surface area contributed by atoms with Crippen molar-refractivity contribution >= 4 is 11.7 Å². The van der Waals surface area contributed by atoms with Crippen LogP contribution in [0.4, 0.5) is 5.82 Å². The van der Waals surface area contributed by atoms with Gasteiger partial charge in [0.2, 0.25) is 0 Å². The van der Waals surface area contributed by atoms with Crippen molar-refractivity contribution in [3.8, 4) is 0 Å². The van der Waals surface area contributed by atoms with E-state index in [1.54, 1.807) is 18.3 Å². The van der Waals surface area contributed by atoms with Crippen molar-refractivity contribution in [3.05, 3.63) is 23.9 Å². The van der Waals surface area contributed by atoms with Crippen LogP contribution in [0, 0.1) is 0 Å². The van der Waals surface area contributed by atoms with Crippen molar-refractivity contribution in [1.82, 2.24) is 10.3 Å². The van der Waals surface area contributed by atoms with Crippen LogP contribution in [0.25, 0.3) is 0 Å². The summed E-state index contributed by atoms with van der Waals surface area (Å²) in [7, 11) is 3.75. The summed E-state index contributed by atoms with van der Waals surface area (Å²) < 4.78 is 0. The molecular formula is C12H17N3O2. The number of nitrogens with zero attached hydrogens (tertiary/aromatic N) is 2. The maximum Gasteiger partial charge on any atom is 0.251 e. The van der Waals surface area contributed by atoms with Crippen LogP contribution < -0.4 is 10.2 Å². The van der Waals surface area contributed by atoms with Crippen molar-refractivity contribution in [3.63, 3.8) is 0 Å². The lowest BCUT2D eigenvalue weighted by atomic mass is 10.2. The second kappa shape index (κ2) is 4.33. The topological polar surface area (TPSA) is 65.5 Å². The number of hydrogen-bond acceptors (Lipinski definition) is 4. The van der Waals surface area contributed by atoms with Gasteiger partial charge in [0.25, 0.3) is 5.91 Å². The molecule has 0 spiro atoms. The van der Waals surface area contributed by atoms with Gasteiger partial charge in [0.1, 0.15) is 5.82 Å². The molecule has 1 aliphatic carbocycles. The molecule has 1 aromatic rings. The first-order chi connectivity index (χ1) is 8.06. The van der Waals surface area contributed by atoms with E-state index in [2.05, 4.69) is 10.3 Å². The zero-order valence-corrected chi connectivity index (χ0v) is 10.1. The first-order valence-electron chi connectivity index (χ1n) is 5.63. The van der Waals surface area contributed by atoms with Gasteiger partial charge >= 0.3 is 0 Å². The zero-order valence-electron chi connectivity index (χ0n) is 10.1. The second-order valence-electron chi connectivity index (χ2n) is 4.69. The third-order valence-electron chi connectivity index (χ3n) is 3.00. The van der Waals surface area contributed by atoms with Crippen LogP contribution in [0.5, 0.6) is 0 Å². The molecule has 1 fully saturated rings. The average Bonchev–Trinajstić information content (AvgIpc) is 3.09. The Hall–Kier alpha value is -1.62. The molecule has 17 heavy (non-hydrogen) atoms. The Kier molecular flexibility index (Phi) is 3.02. The molecular weight excluding hydrogens is 218 g/mol. The summed E-state index contributed by atoms with van der Waals surface area (Å²) in [5, 5.41) is 12.0. The molecule has 0 aromatic carbocycles. The predicted molar refractivity (Wildman–Crippen MR) is 65.1 cm³/mol. The fourth-order valence-corrected chi connectivity index (χ4v) is 1.59. The Morgan fingerprint density at radius 1 is 1.59 bits per heavy atom. The van der Waals surface area contributed by atoms with Gasteiger partial charge in [-0.1, -0.05) is 0 Å². The number of rotatable bonds is 4. The summed E-state index contributed by atoms with van der Waals surface area (Å²) in [6.45, 7) is 0.00433. The molecule has 0 atom stereocenters. The molecule has 1 aromatic heterocycles. The number of pyridine rings is 1. The Morgan fingerprint density at radius 3 is 2.82 bits per heavy atom. The monoisotopic (exact) mass is 235 g/mol. The van der Waals surface area contributed by atoms with Crippen molar-refractivity contribution in [2.75, 3.05) is 25.6 Å². The summed E-state index contributed by atoms with van der Waals surface area (Å²) in [4.78, 5) is 18.0. The van der Waals surface area contributed by atoms with Gasteiger partial charge in [0.15, 0.2) is 0 Å². The minimum absolute atomic E-state index is 0.00433. The van der Waals surface area contributed by atoms with E-state index < -0.39 is 0 Å². The lowest BCUT2D eigenvalue weighted by Crippen LogP contribution is -2.39. The van der Waals surface area contributed by atoms with Crippen molar-refractivity contribution in [1.29, 1.82) is 0 Å². The maximum absolute atomic E-state index is 12.0. The van der Waals surface area contributed by atoms with Crippen molar-refractivity contribution < 1.29 is 9.90 Å². The van der Waals surface area contributed by atoms with Crippen LogP contribution in [-0.4, -0.2) is 42.2 Å². The van der Waals surface area contributed by atoms with Gasteiger partial charge in [-0.2, -0.15) is 0 Å². The highest BCUT2D eigenvalue weighted by Gasteiger charge is 2.43. The number of aromatic nitrogens is 1. The van der Waals surface area contributed by atoms with Gasteiger partial charge in [0.05, 0.1) is 12.1 Å². The van der Waals surface area contributed by atoms with Crippen molar-refractivity contribution in [2.45, 2.75) is 18.4 Å². The average molecular weight is 235 g/mol. The summed E-state index contributed by atoms with van der Waals surface area (Å²) in [6, 6.07) is 3.42. The van der Waals surface area contributed by atoms with Crippen LogP contribution in [-0.2, 0) is 0 Å². The molecule has 1 aliphatic rings. The molecule has 92 valence electrons. The number of nitrogens with one attached hydrogen (secondary N) is 1. The van der Waals surface area contributed by atoms with Gasteiger partial charge in [-0.15, -0.1) is 0 Å². The van der Waals surface area contributed by atoms with Gasteiger partial charge in [-0.05, 0) is 25.0 Å². The van der Waals surface area contributed by atoms with E-state index in [1.165, 1.54) is 0 Å². The number of hydrogen-bond donors (Lipinski definition) is 2. The zero-order chi connectivity index (χ0) is 12.5. The molecule has 1 heterocycles. The molecule has 1 amide bonds. The van der Waals surface area contributed by atoms with E-state index in [9.17, 15) is 4.79 Å². The highest BCUT2D eigenvalue weighted by Crippen LogP contribution is 2.34. The number of aliphatic hydroxyl groups is 1. The molecule has 0 bridgehead atoms. The van der Waals surface area contributed by atoms with Crippen LogP contribution >= 0.6 is 0 Å². The Morgan fingerprint density at radius 2 is 2.29 bits per heavy atom. The van der Waals surface area contributed by atoms with Gasteiger partial charge in [-0.3, -0.25) is 4.79 Å². The smallest absolute Gasteiger partial charge is 0.251 e. The third kappa shape index (κ3) is 2.55. The fraction of sp³-hybridized carbons (Fsp3) is 0.500. The maximum atomic E-state index is 12.0. The van der Waals surface area contributed by atoms with Crippen LogP contribution in [0.2, 0.25) is 0 Å². The van der Waals surface area contributed by atoms with E-state index in [4.69, 9.17) is 5.11 Å². The van der Waals surface area contributed by atoms with Crippen molar-refractivity contribution in [2.24, 2.45) is 0 Å². The SMILES string of the molecule is CN(C)c1cc(C(=O)NC2(CO)CC2)ccn1. The number of anilines is 1. The Bertz CT molecular complexity index is 428. The van der Waals surface area contributed by atoms with E-state index >= 15 is 0 Å². The summed E-state index contributed by atoms with van der Waals surface area (Å²) in [6.07, 6.45) is 3.31. The molecule has 0 radical (unpaired) electrons. The molecule has 0 saturated heterocycles. The molecule has 1 saturated carbocycles. The Balaban J connectivity index is 2.11. The predicted octanol–water partition coefficient (Wildman–Crippen LogP) is 0.402.